The summed E-state index contributed by atoms with van der Waals surface area (Å²) < 4.78 is 30.9. The minimum Gasteiger partial charge on any atom is -0.496 e. The molecule has 4 nitrogen and oxygen atoms in total. The Balaban J connectivity index is 2.52. The number of hydrogen-bond acceptors (Lipinski definition) is 3. The highest BCUT2D eigenvalue weighted by molar-refractivity contribution is 7.91. The molecule has 0 aliphatic rings. The van der Waals surface area contributed by atoms with Gasteiger partial charge >= 0.3 is 0 Å². The molecule has 112 valence electrons. The Labute approximate surface area is 129 Å². The van der Waals surface area contributed by atoms with E-state index in [0.29, 0.717) is 16.3 Å². The number of sulfone groups is 1. The Hall–Kier alpha value is -1.56. The maximum absolute atomic E-state index is 12.8. The molecule has 3 N–H and O–H groups in total. The molecule has 0 bridgehead atoms. The number of benzene rings is 2. The molecular formula is C15H17ClNO3S+. The van der Waals surface area contributed by atoms with Crippen LogP contribution in [0.15, 0.2) is 53.4 Å². The molecule has 1 atom stereocenters. The molecule has 6 heteroatoms. The fraction of sp³-hybridized carbons (Fsp3) is 0.200. The second-order valence-corrected chi connectivity index (χ2v) is 7.09. The first-order valence-corrected chi connectivity index (χ1v) is 8.34. The monoisotopic (exact) mass is 326 g/mol. The van der Waals surface area contributed by atoms with Gasteiger partial charge in [-0.2, -0.15) is 0 Å². The van der Waals surface area contributed by atoms with Gasteiger partial charge in [-0.15, -0.1) is 0 Å². The number of hydrogen-bond donors (Lipinski definition) is 1. The van der Waals surface area contributed by atoms with Crippen LogP contribution < -0.4 is 10.5 Å². The molecule has 0 aliphatic carbocycles. The average Bonchev–Trinajstić information content (AvgIpc) is 2.48. The van der Waals surface area contributed by atoms with E-state index in [2.05, 4.69) is 5.73 Å². The number of methoxy groups -OCH3 is 1. The molecule has 0 amide bonds. The summed E-state index contributed by atoms with van der Waals surface area (Å²) in [5, 5.41) is -0.257. The number of para-hydroxylation sites is 1. The fourth-order valence-electron chi connectivity index (χ4n) is 2.20. The zero-order valence-electron chi connectivity index (χ0n) is 11.6. The first-order valence-electron chi connectivity index (χ1n) is 6.42. The number of halogens is 1. The first kappa shape index (κ1) is 15.8. The molecule has 21 heavy (non-hydrogen) atoms. The maximum Gasteiger partial charge on any atom is 0.191 e. The van der Waals surface area contributed by atoms with Gasteiger partial charge in [-0.05, 0) is 30.3 Å². The SMILES string of the molecule is COc1ccccc1[C@@H](C[NH3+])S(=O)(=O)c1ccc(Cl)cc1. The molecule has 0 aliphatic heterocycles. The normalized spacial score (nSPS) is 12.9. The van der Waals surface area contributed by atoms with Crippen LogP contribution in [0.3, 0.4) is 0 Å². The van der Waals surface area contributed by atoms with Crippen molar-refractivity contribution >= 4 is 21.4 Å². The van der Waals surface area contributed by atoms with Crippen molar-refractivity contribution in [3.05, 3.63) is 59.1 Å². The Kier molecular flexibility index (Phi) is 4.88. The van der Waals surface area contributed by atoms with Gasteiger partial charge in [-0.25, -0.2) is 8.42 Å². The van der Waals surface area contributed by atoms with Crippen LogP contribution in [-0.2, 0) is 9.84 Å². The van der Waals surface area contributed by atoms with Gasteiger partial charge in [0.25, 0.3) is 0 Å². The van der Waals surface area contributed by atoms with Crippen LogP contribution in [0.25, 0.3) is 0 Å². The van der Waals surface area contributed by atoms with Crippen LogP contribution in [0.4, 0.5) is 0 Å². The van der Waals surface area contributed by atoms with E-state index in [1.54, 1.807) is 36.4 Å². The van der Waals surface area contributed by atoms with Gasteiger partial charge in [-0.3, -0.25) is 0 Å². The summed E-state index contributed by atoms with van der Waals surface area (Å²) in [5.74, 6) is 0.545. The van der Waals surface area contributed by atoms with Crippen molar-refractivity contribution in [1.29, 1.82) is 0 Å². The van der Waals surface area contributed by atoms with Crippen molar-refractivity contribution in [2.75, 3.05) is 13.7 Å². The van der Waals surface area contributed by atoms with E-state index >= 15 is 0 Å². The molecule has 0 aromatic heterocycles. The maximum atomic E-state index is 12.8. The molecule has 0 fully saturated rings. The predicted molar refractivity (Wildman–Crippen MR) is 82.1 cm³/mol. The molecular weight excluding hydrogens is 310 g/mol. The number of ether oxygens (including phenoxy) is 1. The van der Waals surface area contributed by atoms with E-state index < -0.39 is 15.1 Å². The van der Waals surface area contributed by atoms with Crippen LogP contribution in [-0.4, -0.2) is 22.1 Å². The Morgan fingerprint density at radius 1 is 1.14 bits per heavy atom. The van der Waals surface area contributed by atoms with Gasteiger partial charge in [-0.1, -0.05) is 29.8 Å². The van der Waals surface area contributed by atoms with Crippen LogP contribution in [0.1, 0.15) is 10.8 Å². The summed E-state index contributed by atoms with van der Waals surface area (Å²) in [6, 6.07) is 13.2. The van der Waals surface area contributed by atoms with E-state index in [1.165, 1.54) is 19.2 Å². The highest BCUT2D eigenvalue weighted by Crippen LogP contribution is 2.33. The molecule has 0 saturated carbocycles. The summed E-state index contributed by atoms with van der Waals surface area (Å²) >= 11 is 5.81. The highest BCUT2D eigenvalue weighted by atomic mass is 35.5. The summed E-state index contributed by atoms with van der Waals surface area (Å²) in [4.78, 5) is 0.228. The lowest BCUT2D eigenvalue weighted by Crippen LogP contribution is -2.54. The lowest BCUT2D eigenvalue weighted by Gasteiger charge is -2.17. The lowest BCUT2D eigenvalue weighted by molar-refractivity contribution is -0.367. The van der Waals surface area contributed by atoms with Crippen molar-refractivity contribution in [3.63, 3.8) is 0 Å². The minimum absolute atomic E-state index is 0.214. The van der Waals surface area contributed by atoms with Crippen molar-refractivity contribution in [3.8, 4) is 5.75 Å². The molecule has 2 rings (SSSR count). The zero-order valence-corrected chi connectivity index (χ0v) is 13.2. The fourth-order valence-corrected chi connectivity index (χ4v) is 4.01. The molecule has 2 aromatic rings. The lowest BCUT2D eigenvalue weighted by atomic mass is 10.1. The highest BCUT2D eigenvalue weighted by Gasteiger charge is 2.31. The second kappa shape index (κ2) is 6.47. The van der Waals surface area contributed by atoms with Crippen LogP contribution in [0, 0.1) is 0 Å². The quantitative estimate of drug-likeness (QED) is 0.914. The van der Waals surface area contributed by atoms with E-state index in [-0.39, 0.29) is 11.4 Å². The van der Waals surface area contributed by atoms with E-state index in [1.807, 2.05) is 0 Å². The predicted octanol–water partition coefficient (Wildman–Crippen LogP) is 2.11. The van der Waals surface area contributed by atoms with Gasteiger partial charge in [0.2, 0.25) is 0 Å². The molecule has 0 radical (unpaired) electrons. The van der Waals surface area contributed by atoms with Crippen LogP contribution >= 0.6 is 11.6 Å². The Morgan fingerprint density at radius 2 is 1.76 bits per heavy atom. The topological polar surface area (TPSA) is 71.0 Å². The number of rotatable bonds is 5. The third-order valence-electron chi connectivity index (χ3n) is 3.26. The Bertz CT molecular complexity index is 714. The average molecular weight is 327 g/mol. The van der Waals surface area contributed by atoms with Crippen LogP contribution in [0.2, 0.25) is 5.02 Å². The van der Waals surface area contributed by atoms with E-state index in [0.717, 1.165) is 0 Å². The summed E-state index contributed by atoms with van der Waals surface area (Å²) in [6.07, 6.45) is 0. The molecule has 2 aromatic carbocycles. The first-order chi connectivity index (χ1) is 10.0. The Morgan fingerprint density at radius 3 is 2.33 bits per heavy atom. The number of quaternary nitrogens is 1. The molecule has 0 unspecified atom stereocenters. The van der Waals surface area contributed by atoms with Crippen molar-refractivity contribution in [1.82, 2.24) is 0 Å². The van der Waals surface area contributed by atoms with Gasteiger partial charge in [0.15, 0.2) is 9.84 Å². The van der Waals surface area contributed by atoms with Crippen molar-refractivity contribution in [2.24, 2.45) is 0 Å². The third kappa shape index (κ3) is 3.20. The van der Waals surface area contributed by atoms with Gasteiger partial charge in [0, 0.05) is 10.6 Å². The molecule has 0 saturated heterocycles. The summed E-state index contributed by atoms with van der Waals surface area (Å²) in [6.45, 7) is 0.214. The minimum atomic E-state index is -3.55. The smallest absolute Gasteiger partial charge is 0.191 e. The van der Waals surface area contributed by atoms with Crippen LogP contribution in [0.5, 0.6) is 5.75 Å². The van der Waals surface area contributed by atoms with E-state index in [4.69, 9.17) is 16.3 Å². The standard InChI is InChI=1S/C15H16ClNO3S/c1-20-14-5-3-2-4-13(14)15(10-17)21(18,19)12-8-6-11(16)7-9-12/h2-9,15H,10,17H2,1H3/p+1/t15-/m1/s1. The van der Waals surface area contributed by atoms with Gasteiger partial charge in [0.1, 0.15) is 11.0 Å². The van der Waals surface area contributed by atoms with Gasteiger partial charge in [0.05, 0.1) is 18.6 Å². The van der Waals surface area contributed by atoms with Gasteiger partial charge < -0.3 is 10.5 Å². The largest absolute Gasteiger partial charge is 0.496 e. The molecule has 0 heterocycles. The summed E-state index contributed by atoms with van der Waals surface area (Å²) in [5.41, 5.74) is 4.40. The van der Waals surface area contributed by atoms with Crippen molar-refractivity contribution in [2.45, 2.75) is 10.1 Å². The van der Waals surface area contributed by atoms with E-state index in [9.17, 15) is 8.42 Å². The third-order valence-corrected chi connectivity index (χ3v) is 5.68. The summed E-state index contributed by atoms with van der Waals surface area (Å²) in [7, 11) is -2.03. The van der Waals surface area contributed by atoms with Crippen molar-refractivity contribution < 1.29 is 18.9 Å². The zero-order chi connectivity index (χ0) is 15.5. The second-order valence-electron chi connectivity index (χ2n) is 4.52. The molecule has 0 spiro atoms.